The van der Waals surface area contributed by atoms with E-state index in [4.69, 9.17) is 10.4 Å². The maximum absolute atomic E-state index is 8.18. The molecule has 0 fully saturated rings. The summed E-state index contributed by atoms with van der Waals surface area (Å²) in [5.74, 6) is -0.245. The van der Waals surface area contributed by atoms with Crippen LogP contribution in [0.2, 0.25) is 0 Å². The molecule has 2 nitrogen and oxygen atoms in total. The van der Waals surface area contributed by atoms with E-state index >= 15 is 0 Å². The van der Waals surface area contributed by atoms with Gasteiger partial charge in [-0.3, -0.25) is 0 Å². The summed E-state index contributed by atoms with van der Waals surface area (Å²) in [5.41, 5.74) is 0. The summed E-state index contributed by atoms with van der Waals surface area (Å²) < 4.78 is 0. The fraction of sp³-hybridized carbons (Fsp3) is 0.600. The molecule has 1 unspecified atom stereocenters. The molecule has 0 aliphatic heterocycles. The zero-order valence-electron chi connectivity index (χ0n) is 4.09. The first-order valence-electron chi connectivity index (χ1n) is 2.15. The van der Waals surface area contributed by atoms with Crippen molar-refractivity contribution in [1.82, 2.24) is 0 Å². The summed E-state index contributed by atoms with van der Waals surface area (Å²) in [6.45, 7) is 3.48. The molecule has 0 rings (SSSR count). The molecule has 0 saturated heterocycles. The molecule has 0 spiro atoms. The number of aliphatic hydroxyl groups is 1. The summed E-state index contributed by atoms with van der Waals surface area (Å²) in [6, 6.07) is 1.89. The van der Waals surface area contributed by atoms with Gasteiger partial charge in [-0.15, -0.1) is 0 Å². The van der Waals surface area contributed by atoms with Crippen molar-refractivity contribution in [1.29, 1.82) is 5.26 Å². The zero-order valence-corrected chi connectivity index (χ0v) is 4.09. The molecule has 0 amide bonds. The summed E-state index contributed by atoms with van der Waals surface area (Å²) in [5, 5.41) is 16.2. The number of nitrogens with zero attached hydrogens (tertiary/aromatic N) is 1. The lowest BCUT2D eigenvalue weighted by atomic mass is 10.1. The van der Waals surface area contributed by atoms with E-state index in [0.717, 1.165) is 0 Å². The Hall–Kier alpha value is -0.550. The van der Waals surface area contributed by atoms with Crippen LogP contribution in [0.3, 0.4) is 0 Å². The Balaban J connectivity index is 3.04. The van der Waals surface area contributed by atoms with Gasteiger partial charge in [-0.1, -0.05) is 0 Å². The molecule has 0 aliphatic carbocycles. The molecule has 39 valence electrons. The Kier molecular flexibility index (Phi) is 3.35. The van der Waals surface area contributed by atoms with Crippen molar-refractivity contribution in [3.8, 4) is 6.07 Å². The molecule has 0 heterocycles. The number of aliphatic hydroxyl groups excluding tert-OH is 1. The Labute approximate surface area is 43.4 Å². The maximum Gasteiger partial charge on any atom is 0.0656 e. The van der Waals surface area contributed by atoms with Crippen molar-refractivity contribution in [2.75, 3.05) is 6.61 Å². The van der Waals surface area contributed by atoms with Gasteiger partial charge in [-0.05, 0) is 13.3 Å². The van der Waals surface area contributed by atoms with Crippen molar-refractivity contribution < 1.29 is 5.11 Å². The zero-order chi connectivity index (χ0) is 5.70. The van der Waals surface area contributed by atoms with Crippen LogP contribution in [0, 0.1) is 24.2 Å². The van der Waals surface area contributed by atoms with Crippen LogP contribution in [0.1, 0.15) is 6.42 Å². The van der Waals surface area contributed by atoms with Gasteiger partial charge in [0, 0.05) is 12.5 Å². The smallest absolute Gasteiger partial charge is 0.0656 e. The van der Waals surface area contributed by atoms with E-state index in [1.807, 2.05) is 6.07 Å². The molecule has 0 bridgehead atoms. The minimum Gasteiger partial charge on any atom is -0.396 e. The van der Waals surface area contributed by atoms with Crippen LogP contribution >= 0.6 is 0 Å². The topological polar surface area (TPSA) is 44.0 Å². The summed E-state index contributed by atoms with van der Waals surface area (Å²) >= 11 is 0. The van der Waals surface area contributed by atoms with Gasteiger partial charge in [-0.25, -0.2) is 0 Å². The van der Waals surface area contributed by atoms with Gasteiger partial charge in [-0.2, -0.15) is 5.26 Å². The predicted octanol–water partition coefficient (Wildman–Crippen LogP) is 0.343. The number of rotatable bonds is 2. The molecular weight excluding hydrogens is 90.1 g/mol. The van der Waals surface area contributed by atoms with Crippen LogP contribution in [0.5, 0.6) is 0 Å². The average molecular weight is 98.1 g/mol. The predicted molar refractivity (Wildman–Crippen MR) is 26.2 cm³/mol. The lowest BCUT2D eigenvalue weighted by Crippen LogP contribution is -1.92. The van der Waals surface area contributed by atoms with Gasteiger partial charge in [0.2, 0.25) is 0 Å². The third kappa shape index (κ3) is 3.28. The molecule has 2 heteroatoms. The van der Waals surface area contributed by atoms with Crippen LogP contribution in [0.15, 0.2) is 0 Å². The highest BCUT2D eigenvalue weighted by Crippen LogP contribution is 1.94. The van der Waals surface area contributed by atoms with E-state index in [-0.39, 0.29) is 12.5 Å². The van der Waals surface area contributed by atoms with Gasteiger partial charge >= 0.3 is 0 Å². The van der Waals surface area contributed by atoms with Gasteiger partial charge in [0.1, 0.15) is 0 Å². The fourth-order valence-corrected chi connectivity index (χ4v) is 0.220. The van der Waals surface area contributed by atoms with Crippen molar-refractivity contribution in [3.63, 3.8) is 0 Å². The SMILES string of the molecule is [CH2]C(C#N)CCO. The molecular formula is C5H8NO. The second-order valence-corrected chi connectivity index (χ2v) is 1.34. The Bertz CT molecular complexity index is 74.6. The molecule has 0 aromatic rings. The largest absolute Gasteiger partial charge is 0.396 e. The van der Waals surface area contributed by atoms with Gasteiger partial charge < -0.3 is 5.11 Å². The molecule has 0 saturated carbocycles. The second kappa shape index (κ2) is 3.63. The number of nitriles is 1. The van der Waals surface area contributed by atoms with Gasteiger partial charge in [0.25, 0.3) is 0 Å². The van der Waals surface area contributed by atoms with E-state index in [1.54, 1.807) is 0 Å². The first kappa shape index (κ1) is 6.45. The minimum atomic E-state index is -0.245. The lowest BCUT2D eigenvalue weighted by molar-refractivity contribution is 0.279. The molecule has 0 aliphatic rings. The van der Waals surface area contributed by atoms with Gasteiger partial charge in [0.05, 0.1) is 6.07 Å². The van der Waals surface area contributed by atoms with Crippen LogP contribution in [-0.4, -0.2) is 11.7 Å². The lowest BCUT2D eigenvalue weighted by Gasteiger charge is -1.92. The first-order chi connectivity index (χ1) is 3.31. The molecule has 1 atom stereocenters. The highest BCUT2D eigenvalue weighted by Gasteiger charge is 1.94. The van der Waals surface area contributed by atoms with E-state index in [2.05, 4.69) is 6.92 Å². The summed E-state index contributed by atoms with van der Waals surface area (Å²) in [6.07, 6.45) is 0.483. The highest BCUT2D eigenvalue weighted by atomic mass is 16.2. The van der Waals surface area contributed by atoms with Crippen LogP contribution in [0.4, 0.5) is 0 Å². The second-order valence-electron chi connectivity index (χ2n) is 1.34. The van der Waals surface area contributed by atoms with Crippen molar-refractivity contribution in [3.05, 3.63) is 6.92 Å². The van der Waals surface area contributed by atoms with Crippen molar-refractivity contribution in [2.45, 2.75) is 6.42 Å². The third-order valence-corrected chi connectivity index (χ3v) is 0.660. The third-order valence-electron chi connectivity index (χ3n) is 0.660. The molecule has 1 N–H and O–H groups in total. The van der Waals surface area contributed by atoms with E-state index < -0.39 is 0 Å². The standard InChI is InChI=1S/C5H8NO/c1-5(4-6)2-3-7/h5,7H,1-3H2. The van der Waals surface area contributed by atoms with Crippen molar-refractivity contribution in [2.24, 2.45) is 5.92 Å². The monoisotopic (exact) mass is 98.1 g/mol. The highest BCUT2D eigenvalue weighted by molar-refractivity contribution is 4.83. The Morgan fingerprint density at radius 3 is 2.57 bits per heavy atom. The molecule has 0 aromatic carbocycles. The van der Waals surface area contributed by atoms with Crippen molar-refractivity contribution >= 4 is 0 Å². The minimum absolute atomic E-state index is 0.0573. The first-order valence-corrected chi connectivity index (χ1v) is 2.15. The summed E-state index contributed by atoms with van der Waals surface area (Å²) in [4.78, 5) is 0. The van der Waals surface area contributed by atoms with Gasteiger partial charge in [0.15, 0.2) is 0 Å². The van der Waals surface area contributed by atoms with E-state index in [9.17, 15) is 0 Å². The molecule has 7 heavy (non-hydrogen) atoms. The summed E-state index contributed by atoms with van der Waals surface area (Å²) in [7, 11) is 0. The molecule has 1 radical (unpaired) electrons. The Morgan fingerprint density at radius 2 is 2.43 bits per heavy atom. The van der Waals surface area contributed by atoms with E-state index in [0.29, 0.717) is 6.42 Å². The van der Waals surface area contributed by atoms with Crippen LogP contribution in [-0.2, 0) is 0 Å². The normalized spacial score (nSPS) is 12.7. The number of hydrogen-bond donors (Lipinski definition) is 1. The van der Waals surface area contributed by atoms with E-state index in [1.165, 1.54) is 0 Å². The molecule has 0 aromatic heterocycles. The number of hydrogen-bond acceptors (Lipinski definition) is 2. The Morgan fingerprint density at radius 1 is 1.86 bits per heavy atom. The fourth-order valence-electron chi connectivity index (χ4n) is 0.220. The quantitative estimate of drug-likeness (QED) is 0.541. The van der Waals surface area contributed by atoms with Crippen LogP contribution < -0.4 is 0 Å². The van der Waals surface area contributed by atoms with Crippen LogP contribution in [0.25, 0.3) is 0 Å². The average Bonchev–Trinajstić information content (AvgIpc) is 1.68. The maximum atomic E-state index is 8.18.